The van der Waals surface area contributed by atoms with Crippen molar-refractivity contribution >= 4 is 5.69 Å². The number of hydrogen-bond donors (Lipinski definition) is 1. The quantitative estimate of drug-likeness (QED) is 0.746. The highest BCUT2D eigenvalue weighted by atomic mass is 16.5. The number of ether oxygens (including phenoxy) is 1. The van der Waals surface area contributed by atoms with Gasteiger partial charge in [0.2, 0.25) is 0 Å². The standard InChI is InChI=1S/C9H15N3O/c1-13-9-4-2-3-8(9)12-6-7(10)5-11-12/h5-6,8-9H,2-4,10H2,1H3. The van der Waals surface area contributed by atoms with Crippen molar-refractivity contribution in [3.8, 4) is 0 Å². The van der Waals surface area contributed by atoms with Gasteiger partial charge in [-0.3, -0.25) is 4.68 Å². The molecule has 1 aliphatic carbocycles. The van der Waals surface area contributed by atoms with E-state index < -0.39 is 0 Å². The predicted octanol–water partition coefficient (Wildman–Crippen LogP) is 1.21. The van der Waals surface area contributed by atoms with Crippen LogP contribution in [0, 0.1) is 0 Å². The molecule has 0 saturated heterocycles. The van der Waals surface area contributed by atoms with E-state index in [2.05, 4.69) is 5.10 Å². The zero-order chi connectivity index (χ0) is 9.26. The minimum absolute atomic E-state index is 0.305. The summed E-state index contributed by atoms with van der Waals surface area (Å²) in [6, 6.07) is 0.377. The van der Waals surface area contributed by atoms with Gasteiger partial charge >= 0.3 is 0 Å². The molecule has 0 aromatic carbocycles. The minimum Gasteiger partial charge on any atom is -0.396 e. The Kier molecular flexibility index (Phi) is 2.22. The molecule has 1 saturated carbocycles. The summed E-state index contributed by atoms with van der Waals surface area (Å²) < 4.78 is 7.31. The van der Waals surface area contributed by atoms with Crippen LogP contribution < -0.4 is 5.73 Å². The van der Waals surface area contributed by atoms with E-state index in [1.807, 2.05) is 10.9 Å². The maximum absolute atomic E-state index is 5.61. The second-order valence-corrected chi connectivity index (χ2v) is 3.53. The maximum Gasteiger partial charge on any atom is 0.0795 e. The van der Waals surface area contributed by atoms with Gasteiger partial charge in [0.25, 0.3) is 0 Å². The molecule has 1 fully saturated rings. The maximum atomic E-state index is 5.61. The molecule has 2 N–H and O–H groups in total. The summed E-state index contributed by atoms with van der Waals surface area (Å²) in [5, 5.41) is 4.21. The highest BCUT2D eigenvalue weighted by molar-refractivity contribution is 5.30. The number of nitrogens with zero attached hydrogens (tertiary/aromatic N) is 2. The van der Waals surface area contributed by atoms with E-state index >= 15 is 0 Å². The van der Waals surface area contributed by atoms with Crippen LogP contribution in [0.15, 0.2) is 12.4 Å². The van der Waals surface area contributed by atoms with Crippen molar-refractivity contribution in [2.24, 2.45) is 0 Å². The topological polar surface area (TPSA) is 53.1 Å². The Morgan fingerprint density at radius 3 is 3.08 bits per heavy atom. The Balaban J connectivity index is 2.15. The Morgan fingerprint density at radius 1 is 1.62 bits per heavy atom. The summed E-state index contributed by atoms with van der Waals surface area (Å²) >= 11 is 0. The van der Waals surface area contributed by atoms with Crippen molar-refractivity contribution in [1.29, 1.82) is 0 Å². The van der Waals surface area contributed by atoms with Crippen LogP contribution in [0.2, 0.25) is 0 Å². The van der Waals surface area contributed by atoms with Crippen LogP contribution in [0.1, 0.15) is 25.3 Å². The third-order valence-corrected chi connectivity index (χ3v) is 2.68. The lowest BCUT2D eigenvalue weighted by Gasteiger charge is -2.18. The van der Waals surface area contributed by atoms with Gasteiger partial charge in [0.15, 0.2) is 0 Å². The van der Waals surface area contributed by atoms with Crippen molar-refractivity contribution in [2.45, 2.75) is 31.4 Å². The van der Waals surface area contributed by atoms with Crippen molar-refractivity contribution in [2.75, 3.05) is 12.8 Å². The first-order valence-electron chi connectivity index (χ1n) is 4.63. The van der Waals surface area contributed by atoms with Gasteiger partial charge in [-0.15, -0.1) is 0 Å². The van der Waals surface area contributed by atoms with Gasteiger partial charge in [-0.1, -0.05) is 0 Å². The lowest BCUT2D eigenvalue weighted by atomic mass is 10.2. The number of methoxy groups -OCH3 is 1. The summed E-state index contributed by atoms with van der Waals surface area (Å²) in [6.45, 7) is 0. The number of anilines is 1. The SMILES string of the molecule is COC1CCCC1n1cc(N)cn1. The lowest BCUT2D eigenvalue weighted by molar-refractivity contribution is 0.0709. The Morgan fingerprint density at radius 2 is 2.46 bits per heavy atom. The fraction of sp³-hybridized carbons (Fsp3) is 0.667. The largest absolute Gasteiger partial charge is 0.396 e. The summed E-state index contributed by atoms with van der Waals surface area (Å²) in [6.07, 6.45) is 7.34. The molecule has 1 aromatic rings. The summed E-state index contributed by atoms with van der Waals surface area (Å²) in [5.41, 5.74) is 6.33. The van der Waals surface area contributed by atoms with Crippen LogP contribution in [0.25, 0.3) is 0 Å². The number of nitrogens with two attached hydrogens (primary N) is 1. The molecular weight excluding hydrogens is 166 g/mol. The molecule has 1 aliphatic rings. The zero-order valence-corrected chi connectivity index (χ0v) is 7.81. The van der Waals surface area contributed by atoms with Gasteiger partial charge in [-0.05, 0) is 19.3 Å². The van der Waals surface area contributed by atoms with Crippen molar-refractivity contribution < 1.29 is 4.74 Å². The molecule has 2 rings (SSSR count). The van der Waals surface area contributed by atoms with E-state index in [4.69, 9.17) is 10.5 Å². The van der Waals surface area contributed by atoms with Crippen LogP contribution in [0.3, 0.4) is 0 Å². The Bertz CT molecular complexity index is 284. The molecule has 4 nitrogen and oxygen atoms in total. The third-order valence-electron chi connectivity index (χ3n) is 2.68. The number of hydrogen-bond acceptors (Lipinski definition) is 3. The smallest absolute Gasteiger partial charge is 0.0795 e. The first kappa shape index (κ1) is 8.56. The molecule has 0 bridgehead atoms. The summed E-state index contributed by atoms with van der Waals surface area (Å²) in [4.78, 5) is 0. The molecule has 0 aliphatic heterocycles. The van der Waals surface area contributed by atoms with E-state index in [0.29, 0.717) is 12.1 Å². The molecule has 0 amide bonds. The van der Waals surface area contributed by atoms with E-state index in [9.17, 15) is 0 Å². The number of nitrogen functional groups attached to an aromatic ring is 1. The van der Waals surface area contributed by atoms with Crippen LogP contribution in [-0.2, 0) is 4.74 Å². The van der Waals surface area contributed by atoms with Crippen LogP contribution in [-0.4, -0.2) is 23.0 Å². The minimum atomic E-state index is 0.305. The summed E-state index contributed by atoms with van der Waals surface area (Å²) in [7, 11) is 1.76. The normalized spacial score (nSPS) is 28.1. The highest BCUT2D eigenvalue weighted by Gasteiger charge is 2.28. The second-order valence-electron chi connectivity index (χ2n) is 3.53. The number of rotatable bonds is 2. The molecule has 72 valence electrons. The fourth-order valence-electron chi connectivity index (χ4n) is 2.02. The molecule has 2 unspecified atom stereocenters. The van der Waals surface area contributed by atoms with Gasteiger partial charge < -0.3 is 10.5 Å². The van der Waals surface area contributed by atoms with E-state index in [0.717, 1.165) is 18.5 Å². The van der Waals surface area contributed by atoms with E-state index in [1.54, 1.807) is 13.3 Å². The fourth-order valence-corrected chi connectivity index (χ4v) is 2.02. The van der Waals surface area contributed by atoms with Crippen molar-refractivity contribution in [3.05, 3.63) is 12.4 Å². The van der Waals surface area contributed by atoms with Crippen molar-refractivity contribution in [3.63, 3.8) is 0 Å². The van der Waals surface area contributed by atoms with Gasteiger partial charge in [0, 0.05) is 13.3 Å². The van der Waals surface area contributed by atoms with Crippen LogP contribution >= 0.6 is 0 Å². The number of aromatic nitrogens is 2. The molecule has 2 atom stereocenters. The van der Waals surface area contributed by atoms with E-state index in [1.165, 1.54) is 6.42 Å². The van der Waals surface area contributed by atoms with Crippen LogP contribution in [0.5, 0.6) is 0 Å². The third kappa shape index (κ3) is 1.54. The van der Waals surface area contributed by atoms with E-state index in [-0.39, 0.29) is 0 Å². The molecule has 4 heteroatoms. The predicted molar refractivity (Wildman–Crippen MR) is 50.3 cm³/mol. The van der Waals surface area contributed by atoms with Crippen LogP contribution in [0.4, 0.5) is 5.69 Å². The first-order chi connectivity index (χ1) is 6.31. The van der Waals surface area contributed by atoms with Gasteiger partial charge in [0.1, 0.15) is 0 Å². The monoisotopic (exact) mass is 181 g/mol. The average Bonchev–Trinajstić information content (AvgIpc) is 2.71. The zero-order valence-electron chi connectivity index (χ0n) is 7.81. The molecule has 1 aromatic heterocycles. The first-order valence-corrected chi connectivity index (χ1v) is 4.63. The van der Waals surface area contributed by atoms with Gasteiger partial charge in [0.05, 0.1) is 24.0 Å². The highest BCUT2D eigenvalue weighted by Crippen LogP contribution is 2.31. The Hall–Kier alpha value is -1.03. The molecule has 0 radical (unpaired) electrons. The lowest BCUT2D eigenvalue weighted by Crippen LogP contribution is -2.20. The van der Waals surface area contributed by atoms with Gasteiger partial charge in [-0.25, -0.2) is 0 Å². The average molecular weight is 181 g/mol. The summed E-state index contributed by atoms with van der Waals surface area (Å²) in [5.74, 6) is 0. The second kappa shape index (κ2) is 3.38. The molecule has 13 heavy (non-hydrogen) atoms. The molecular formula is C9H15N3O. The molecule has 1 heterocycles. The Labute approximate surface area is 77.7 Å². The van der Waals surface area contributed by atoms with Crippen molar-refractivity contribution in [1.82, 2.24) is 9.78 Å². The molecule has 0 spiro atoms. The van der Waals surface area contributed by atoms with Gasteiger partial charge in [-0.2, -0.15) is 5.10 Å².